The van der Waals surface area contributed by atoms with Crippen LogP contribution in [0.4, 0.5) is 0 Å². The zero-order chi connectivity index (χ0) is 22.8. The molecular weight excluding hydrogens is 454 g/mol. The maximum Gasteiger partial charge on any atom is 0.196 e. The summed E-state index contributed by atoms with van der Waals surface area (Å²) >= 11 is 8.24. The summed E-state index contributed by atoms with van der Waals surface area (Å²) in [5.74, 6) is 2.09. The minimum Gasteiger partial charge on any atom is -0.497 e. The van der Waals surface area contributed by atoms with Gasteiger partial charge in [-0.3, -0.25) is 14.5 Å². The number of para-hydroxylation sites is 1. The molecule has 0 saturated carbocycles. The second-order valence-corrected chi connectivity index (χ2v) is 8.70. The largest absolute Gasteiger partial charge is 0.497 e. The van der Waals surface area contributed by atoms with Gasteiger partial charge in [0.15, 0.2) is 11.0 Å². The van der Waals surface area contributed by atoms with Gasteiger partial charge in [-0.1, -0.05) is 41.6 Å². The fourth-order valence-electron chi connectivity index (χ4n) is 3.66. The van der Waals surface area contributed by atoms with E-state index in [0.717, 1.165) is 50.1 Å². The van der Waals surface area contributed by atoms with Crippen LogP contribution in [0, 0.1) is 6.92 Å². The van der Waals surface area contributed by atoms with Crippen molar-refractivity contribution >= 4 is 34.3 Å². The molecule has 8 heteroatoms. The lowest BCUT2D eigenvalue weighted by atomic mass is 10.1. The third-order valence-corrected chi connectivity index (χ3v) is 6.83. The Balaban J connectivity index is 1.54. The number of benzene rings is 2. The van der Waals surface area contributed by atoms with Crippen LogP contribution in [0.15, 0.2) is 78.2 Å². The van der Waals surface area contributed by atoms with Crippen molar-refractivity contribution in [3.8, 4) is 22.8 Å². The van der Waals surface area contributed by atoms with Crippen molar-refractivity contribution in [2.75, 3.05) is 7.11 Å². The topological polar surface area (TPSA) is 65.7 Å². The standard InChI is InChI=1S/C25H20ClN5OS/c1-16-20-5-3-4-6-21(20)28-22(23(16)26)15-33-25-30-29-24(17-11-13-27-14-12-17)31(25)18-7-9-19(32-2)10-8-18/h3-14H,15H2,1-2H3. The molecule has 0 saturated heterocycles. The number of halogens is 1. The molecule has 0 aliphatic heterocycles. The first-order valence-electron chi connectivity index (χ1n) is 10.3. The molecule has 5 aromatic rings. The number of hydrogen-bond donors (Lipinski definition) is 0. The molecule has 0 aliphatic carbocycles. The van der Waals surface area contributed by atoms with E-state index in [1.807, 2.05) is 72.2 Å². The lowest BCUT2D eigenvalue weighted by Gasteiger charge is -2.12. The van der Waals surface area contributed by atoms with Gasteiger partial charge in [-0.05, 0) is 55.0 Å². The van der Waals surface area contributed by atoms with E-state index in [-0.39, 0.29) is 0 Å². The Labute approximate surface area is 200 Å². The van der Waals surface area contributed by atoms with Gasteiger partial charge in [-0.2, -0.15) is 0 Å². The predicted octanol–water partition coefficient (Wildman–Crippen LogP) is 6.14. The highest BCUT2D eigenvalue weighted by molar-refractivity contribution is 7.98. The Hall–Kier alpha value is -3.42. The highest BCUT2D eigenvalue weighted by Gasteiger charge is 2.18. The van der Waals surface area contributed by atoms with E-state index in [1.165, 1.54) is 0 Å². The molecule has 6 nitrogen and oxygen atoms in total. The minimum atomic E-state index is 0.565. The number of aromatic nitrogens is 5. The predicted molar refractivity (Wildman–Crippen MR) is 132 cm³/mol. The minimum absolute atomic E-state index is 0.565. The summed E-state index contributed by atoms with van der Waals surface area (Å²) in [6.07, 6.45) is 3.49. The van der Waals surface area contributed by atoms with Crippen LogP contribution in [-0.4, -0.2) is 31.8 Å². The van der Waals surface area contributed by atoms with E-state index in [1.54, 1.807) is 31.3 Å². The summed E-state index contributed by atoms with van der Waals surface area (Å²) in [4.78, 5) is 8.93. The molecule has 164 valence electrons. The fraction of sp³-hybridized carbons (Fsp3) is 0.120. The van der Waals surface area contributed by atoms with E-state index >= 15 is 0 Å². The third-order valence-electron chi connectivity index (χ3n) is 5.39. The van der Waals surface area contributed by atoms with Gasteiger partial charge in [0, 0.05) is 34.8 Å². The molecule has 0 bridgehead atoms. The Morgan fingerprint density at radius 2 is 1.73 bits per heavy atom. The van der Waals surface area contributed by atoms with Crippen LogP contribution in [0.3, 0.4) is 0 Å². The first-order chi connectivity index (χ1) is 16.2. The van der Waals surface area contributed by atoms with Gasteiger partial charge in [0.25, 0.3) is 0 Å². The van der Waals surface area contributed by atoms with E-state index in [4.69, 9.17) is 21.3 Å². The molecule has 5 rings (SSSR count). The van der Waals surface area contributed by atoms with Gasteiger partial charge in [-0.15, -0.1) is 10.2 Å². The quantitative estimate of drug-likeness (QED) is 0.276. The second kappa shape index (κ2) is 9.21. The Morgan fingerprint density at radius 3 is 2.48 bits per heavy atom. The van der Waals surface area contributed by atoms with Crippen molar-refractivity contribution in [1.82, 2.24) is 24.7 Å². The Morgan fingerprint density at radius 1 is 0.970 bits per heavy atom. The number of ether oxygens (including phenoxy) is 1. The number of hydrogen-bond acceptors (Lipinski definition) is 6. The van der Waals surface area contributed by atoms with Crippen molar-refractivity contribution in [2.24, 2.45) is 0 Å². The van der Waals surface area contributed by atoms with E-state index in [2.05, 4.69) is 15.2 Å². The van der Waals surface area contributed by atoms with Gasteiger partial charge >= 0.3 is 0 Å². The zero-order valence-electron chi connectivity index (χ0n) is 18.1. The number of thioether (sulfide) groups is 1. The van der Waals surface area contributed by atoms with Crippen LogP contribution in [0.2, 0.25) is 5.02 Å². The summed E-state index contributed by atoms with van der Waals surface area (Å²) in [7, 11) is 1.65. The first kappa shape index (κ1) is 21.4. The summed E-state index contributed by atoms with van der Waals surface area (Å²) in [6.45, 7) is 2.03. The van der Waals surface area contributed by atoms with Crippen molar-refractivity contribution in [1.29, 1.82) is 0 Å². The second-order valence-electron chi connectivity index (χ2n) is 7.38. The molecule has 0 atom stereocenters. The van der Waals surface area contributed by atoms with Crippen LogP contribution in [0.25, 0.3) is 28.0 Å². The lowest BCUT2D eigenvalue weighted by Crippen LogP contribution is -2.01. The molecule has 0 radical (unpaired) electrons. The molecule has 3 heterocycles. The average Bonchev–Trinajstić information content (AvgIpc) is 3.30. The fourth-order valence-corrected chi connectivity index (χ4v) is 4.85. The van der Waals surface area contributed by atoms with Crippen molar-refractivity contribution in [2.45, 2.75) is 17.8 Å². The molecule has 2 aromatic carbocycles. The number of nitrogens with zero attached hydrogens (tertiary/aromatic N) is 5. The molecule has 33 heavy (non-hydrogen) atoms. The Bertz CT molecular complexity index is 1420. The van der Waals surface area contributed by atoms with E-state index < -0.39 is 0 Å². The van der Waals surface area contributed by atoms with Gasteiger partial charge < -0.3 is 4.74 Å². The third kappa shape index (κ3) is 4.17. The van der Waals surface area contributed by atoms with Crippen molar-refractivity contribution < 1.29 is 4.74 Å². The van der Waals surface area contributed by atoms with Crippen LogP contribution in [0.1, 0.15) is 11.3 Å². The molecule has 3 aromatic heterocycles. The van der Waals surface area contributed by atoms with Crippen LogP contribution >= 0.6 is 23.4 Å². The number of pyridine rings is 2. The zero-order valence-corrected chi connectivity index (χ0v) is 19.6. The molecular formula is C25H20ClN5OS. The first-order valence-corrected chi connectivity index (χ1v) is 11.7. The summed E-state index contributed by atoms with van der Waals surface area (Å²) in [5, 5.41) is 11.5. The molecule has 0 unspecified atom stereocenters. The smallest absolute Gasteiger partial charge is 0.196 e. The van der Waals surface area contributed by atoms with Crippen molar-refractivity contribution in [3.63, 3.8) is 0 Å². The van der Waals surface area contributed by atoms with E-state index in [9.17, 15) is 0 Å². The summed E-state index contributed by atoms with van der Waals surface area (Å²) < 4.78 is 7.35. The molecule has 0 aliphatic rings. The monoisotopic (exact) mass is 473 g/mol. The molecule has 0 N–H and O–H groups in total. The van der Waals surface area contributed by atoms with Crippen LogP contribution in [0.5, 0.6) is 5.75 Å². The summed E-state index contributed by atoms with van der Waals surface area (Å²) in [6, 6.07) is 19.7. The SMILES string of the molecule is COc1ccc(-n2c(SCc3nc4ccccc4c(C)c3Cl)nnc2-c2ccncc2)cc1. The maximum absolute atomic E-state index is 6.69. The van der Waals surface area contributed by atoms with Gasteiger partial charge in [0.2, 0.25) is 0 Å². The maximum atomic E-state index is 6.69. The van der Waals surface area contributed by atoms with Crippen LogP contribution < -0.4 is 4.74 Å². The van der Waals surface area contributed by atoms with Crippen molar-refractivity contribution in [3.05, 3.63) is 89.3 Å². The number of rotatable bonds is 6. The summed E-state index contributed by atoms with van der Waals surface area (Å²) in [5.41, 5.74) is 4.66. The number of methoxy groups -OCH3 is 1. The van der Waals surface area contributed by atoms with Gasteiger partial charge in [-0.25, -0.2) is 0 Å². The van der Waals surface area contributed by atoms with Gasteiger partial charge in [0.05, 0.1) is 23.3 Å². The lowest BCUT2D eigenvalue weighted by molar-refractivity contribution is 0.414. The van der Waals surface area contributed by atoms with Crippen LogP contribution in [-0.2, 0) is 5.75 Å². The number of aryl methyl sites for hydroxylation is 1. The Kier molecular flexibility index (Phi) is 5.98. The van der Waals surface area contributed by atoms with Gasteiger partial charge in [0.1, 0.15) is 5.75 Å². The molecule has 0 amide bonds. The normalized spacial score (nSPS) is 11.1. The molecule has 0 fully saturated rings. The highest BCUT2D eigenvalue weighted by atomic mass is 35.5. The average molecular weight is 474 g/mol. The van der Waals surface area contributed by atoms with E-state index in [0.29, 0.717) is 10.8 Å². The highest BCUT2D eigenvalue weighted by Crippen LogP contribution is 2.33. The number of fused-ring (bicyclic) bond motifs is 1. The molecule has 0 spiro atoms.